The number of ketones is 1. The third kappa shape index (κ3) is 5.70. The number of anilines is 1. The molecule has 1 N–H and O–H groups in total. The number of nitrogens with zero attached hydrogens (tertiary/aromatic N) is 3. The minimum absolute atomic E-state index is 0.0927. The molecule has 1 aromatic heterocycles. The first-order valence-corrected chi connectivity index (χ1v) is 11.4. The monoisotopic (exact) mass is 460 g/mol. The van der Waals surface area contributed by atoms with Gasteiger partial charge >= 0.3 is 0 Å². The number of rotatable bonds is 8. The van der Waals surface area contributed by atoms with Crippen LogP contribution in [0.2, 0.25) is 0 Å². The van der Waals surface area contributed by atoms with Crippen molar-refractivity contribution in [3.63, 3.8) is 0 Å². The quantitative estimate of drug-likeness (QED) is 0.518. The molecule has 0 spiro atoms. The summed E-state index contributed by atoms with van der Waals surface area (Å²) in [5.74, 6) is 0.503. The van der Waals surface area contributed by atoms with E-state index in [4.69, 9.17) is 4.74 Å². The first-order chi connectivity index (χ1) is 16.5. The molecule has 0 unspecified atom stereocenters. The van der Waals surface area contributed by atoms with Crippen LogP contribution in [0.25, 0.3) is 0 Å². The molecule has 1 aliphatic heterocycles. The molecular weight excluding hydrogens is 432 g/mol. The first-order valence-electron chi connectivity index (χ1n) is 11.4. The van der Waals surface area contributed by atoms with E-state index < -0.39 is 0 Å². The van der Waals surface area contributed by atoms with Gasteiger partial charge in [-0.2, -0.15) is 0 Å². The van der Waals surface area contributed by atoms with Crippen molar-refractivity contribution in [3.05, 3.63) is 78.4 Å². The number of carbonyl (C=O) groups excluding carboxylic acids is 3. The fraction of sp³-hybridized carbons (Fsp3) is 0.308. The zero-order valence-electron chi connectivity index (χ0n) is 19.1. The highest BCUT2D eigenvalue weighted by atomic mass is 16.5. The van der Waals surface area contributed by atoms with Crippen molar-refractivity contribution in [2.45, 2.75) is 25.8 Å². The summed E-state index contributed by atoms with van der Waals surface area (Å²) in [6.07, 6.45) is 6.71. The van der Waals surface area contributed by atoms with E-state index in [0.29, 0.717) is 61.5 Å². The Kier molecular flexibility index (Phi) is 7.37. The number of hydrogen-bond acceptors (Lipinski definition) is 5. The number of nitrogens with one attached hydrogen (secondary N) is 1. The van der Waals surface area contributed by atoms with Gasteiger partial charge in [-0.15, -0.1) is 0 Å². The molecule has 8 nitrogen and oxygen atoms in total. The maximum absolute atomic E-state index is 13.0. The summed E-state index contributed by atoms with van der Waals surface area (Å²) in [6.45, 7) is 1.58. The van der Waals surface area contributed by atoms with Gasteiger partial charge < -0.3 is 19.5 Å². The van der Waals surface area contributed by atoms with Crippen LogP contribution < -0.4 is 10.1 Å². The van der Waals surface area contributed by atoms with E-state index in [1.807, 2.05) is 4.57 Å². The van der Waals surface area contributed by atoms with Crippen LogP contribution in [0.4, 0.5) is 5.69 Å². The molecule has 1 saturated heterocycles. The summed E-state index contributed by atoms with van der Waals surface area (Å²) in [7, 11) is 1.59. The number of ether oxygens (including phenoxy) is 1. The first kappa shape index (κ1) is 23.2. The Balaban J connectivity index is 1.30. The minimum atomic E-state index is -0.129. The minimum Gasteiger partial charge on any atom is -0.497 e. The molecule has 4 rings (SSSR count). The van der Waals surface area contributed by atoms with Crippen LogP contribution in [0.1, 0.15) is 40.0 Å². The van der Waals surface area contributed by atoms with Gasteiger partial charge in [-0.1, -0.05) is 6.07 Å². The SMILES string of the molecule is COc1ccc(C(=O)C2CCN(C(=O)c3cccc(NC(=O)CCn4ccnc4)c3)CC2)cc1. The van der Waals surface area contributed by atoms with Crippen LogP contribution in [-0.4, -0.2) is 52.2 Å². The lowest BCUT2D eigenvalue weighted by Gasteiger charge is -2.31. The molecule has 1 aliphatic rings. The molecule has 34 heavy (non-hydrogen) atoms. The number of imidazole rings is 1. The van der Waals surface area contributed by atoms with Crippen molar-refractivity contribution in [1.82, 2.24) is 14.5 Å². The Morgan fingerprint density at radius 3 is 2.50 bits per heavy atom. The van der Waals surface area contributed by atoms with Crippen molar-refractivity contribution in [1.29, 1.82) is 0 Å². The lowest BCUT2D eigenvalue weighted by molar-refractivity contribution is -0.116. The van der Waals surface area contributed by atoms with Crippen molar-refractivity contribution in [3.8, 4) is 5.75 Å². The highest BCUT2D eigenvalue weighted by molar-refractivity contribution is 5.99. The third-order valence-electron chi connectivity index (χ3n) is 6.08. The van der Waals surface area contributed by atoms with Crippen molar-refractivity contribution in [2.24, 2.45) is 5.92 Å². The number of aryl methyl sites for hydroxylation is 1. The van der Waals surface area contributed by atoms with Gasteiger partial charge in [-0.05, 0) is 55.3 Å². The van der Waals surface area contributed by atoms with Gasteiger partial charge in [0.15, 0.2) is 5.78 Å². The Morgan fingerprint density at radius 2 is 1.82 bits per heavy atom. The number of hydrogen-bond donors (Lipinski definition) is 1. The van der Waals surface area contributed by atoms with Crippen LogP contribution in [0.3, 0.4) is 0 Å². The van der Waals surface area contributed by atoms with Crippen molar-refractivity contribution in [2.75, 3.05) is 25.5 Å². The van der Waals surface area contributed by atoms with Crippen LogP contribution in [0.15, 0.2) is 67.3 Å². The Morgan fingerprint density at radius 1 is 1.06 bits per heavy atom. The van der Waals surface area contributed by atoms with Gasteiger partial charge in [0, 0.05) is 61.2 Å². The third-order valence-corrected chi connectivity index (χ3v) is 6.08. The molecule has 0 aliphatic carbocycles. The van der Waals surface area contributed by atoms with Gasteiger partial charge in [-0.25, -0.2) is 4.98 Å². The Hall–Kier alpha value is -3.94. The molecule has 0 atom stereocenters. The van der Waals surface area contributed by atoms with E-state index in [2.05, 4.69) is 10.3 Å². The van der Waals surface area contributed by atoms with Crippen molar-refractivity contribution < 1.29 is 19.1 Å². The summed E-state index contributed by atoms with van der Waals surface area (Å²) in [5.41, 5.74) is 1.78. The number of methoxy groups -OCH3 is 1. The number of benzene rings is 2. The number of carbonyl (C=O) groups is 3. The molecular formula is C26H28N4O4. The zero-order valence-corrected chi connectivity index (χ0v) is 19.1. The van der Waals surface area contributed by atoms with E-state index >= 15 is 0 Å². The van der Waals surface area contributed by atoms with E-state index in [9.17, 15) is 14.4 Å². The zero-order chi connectivity index (χ0) is 23.9. The van der Waals surface area contributed by atoms with Crippen LogP contribution in [0.5, 0.6) is 5.75 Å². The highest BCUT2D eigenvalue weighted by Gasteiger charge is 2.28. The smallest absolute Gasteiger partial charge is 0.253 e. The van der Waals surface area contributed by atoms with E-state index in [1.54, 1.807) is 79.3 Å². The second-order valence-corrected chi connectivity index (χ2v) is 8.34. The number of aromatic nitrogens is 2. The van der Waals surface area contributed by atoms with Gasteiger partial charge in [0.25, 0.3) is 5.91 Å². The normalized spacial score (nSPS) is 14.0. The molecule has 1 fully saturated rings. The second kappa shape index (κ2) is 10.8. The summed E-state index contributed by atoms with van der Waals surface area (Å²) in [5, 5.41) is 2.85. The van der Waals surface area contributed by atoms with E-state index in [0.717, 1.165) is 0 Å². The average Bonchev–Trinajstić information content (AvgIpc) is 3.41. The standard InChI is InChI=1S/C26H28N4O4/c1-34-23-7-5-19(6-8-23)25(32)20-9-14-30(15-10-20)26(33)21-3-2-4-22(17-21)28-24(31)11-13-29-16-12-27-18-29/h2-8,12,16-18,20H,9-11,13-15H2,1H3,(H,28,31). The number of Topliss-reactive ketones (excluding diaryl/α,β-unsaturated/α-hetero) is 1. The van der Waals surface area contributed by atoms with Gasteiger partial charge in [0.05, 0.1) is 13.4 Å². The Labute approximate surface area is 198 Å². The average molecular weight is 461 g/mol. The van der Waals surface area contributed by atoms with Gasteiger partial charge in [0.1, 0.15) is 5.75 Å². The van der Waals surface area contributed by atoms with Crippen molar-refractivity contribution >= 4 is 23.3 Å². The Bertz CT molecular complexity index is 1130. The maximum Gasteiger partial charge on any atom is 0.253 e. The molecule has 0 bridgehead atoms. The fourth-order valence-electron chi connectivity index (χ4n) is 4.12. The predicted molar refractivity (Wildman–Crippen MR) is 128 cm³/mol. The topological polar surface area (TPSA) is 93.5 Å². The number of likely N-dealkylation sites (tertiary alicyclic amines) is 1. The van der Waals surface area contributed by atoms with Crippen LogP contribution >= 0.6 is 0 Å². The number of amides is 2. The van der Waals surface area contributed by atoms with Crippen LogP contribution in [0, 0.1) is 5.92 Å². The fourth-order valence-corrected chi connectivity index (χ4v) is 4.12. The van der Waals surface area contributed by atoms with Crippen LogP contribution in [-0.2, 0) is 11.3 Å². The molecule has 176 valence electrons. The molecule has 2 aromatic carbocycles. The van der Waals surface area contributed by atoms with E-state index in [1.165, 1.54) is 0 Å². The lowest BCUT2D eigenvalue weighted by Crippen LogP contribution is -2.40. The maximum atomic E-state index is 13.0. The predicted octanol–water partition coefficient (Wildman–Crippen LogP) is 3.66. The van der Waals surface area contributed by atoms with Gasteiger partial charge in [0.2, 0.25) is 5.91 Å². The molecule has 8 heteroatoms. The van der Waals surface area contributed by atoms with E-state index in [-0.39, 0.29) is 23.5 Å². The molecule has 3 aromatic rings. The summed E-state index contributed by atoms with van der Waals surface area (Å²) in [4.78, 5) is 43.9. The molecule has 2 amide bonds. The summed E-state index contributed by atoms with van der Waals surface area (Å²) in [6, 6.07) is 14.1. The summed E-state index contributed by atoms with van der Waals surface area (Å²) >= 11 is 0. The molecule has 0 radical (unpaired) electrons. The van der Waals surface area contributed by atoms with Gasteiger partial charge in [-0.3, -0.25) is 14.4 Å². The lowest BCUT2D eigenvalue weighted by atomic mass is 9.88. The molecule has 0 saturated carbocycles. The highest BCUT2D eigenvalue weighted by Crippen LogP contribution is 2.24. The molecule has 2 heterocycles. The number of piperidine rings is 1. The second-order valence-electron chi connectivity index (χ2n) is 8.34. The largest absolute Gasteiger partial charge is 0.497 e. The summed E-state index contributed by atoms with van der Waals surface area (Å²) < 4.78 is 6.99.